The number of rotatable bonds is 6. The lowest BCUT2D eigenvalue weighted by Crippen LogP contribution is -2.08. The molecule has 0 aromatic heterocycles. The third kappa shape index (κ3) is 5.50. The second-order valence-corrected chi connectivity index (χ2v) is 5.94. The highest BCUT2D eigenvalue weighted by atomic mass is 35.5. The average Bonchev–Trinajstić information content (AvgIpc) is 2.57. The summed E-state index contributed by atoms with van der Waals surface area (Å²) in [4.78, 5) is 12.0. The highest BCUT2D eigenvalue weighted by Gasteiger charge is 2.07. The summed E-state index contributed by atoms with van der Waals surface area (Å²) < 4.78 is 24.1. The van der Waals surface area contributed by atoms with Crippen molar-refractivity contribution in [3.05, 3.63) is 58.9 Å². The van der Waals surface area contributed by atoms with Crippen molar-refractivity contribution in [2.45, 2.75) is 20.0 Å². The molecule has 0 radical (unpaired) electrons. The number of amides is 1. The van der Waals surface area contributed by atoms with Crippen LogP contribution in [0.3, 0.4) is 0 Å². The lowest BCUT2D eigenvalue weighted by Gasteiger charge is -2.13. The molecule has 1 N–H and O–H groups in total. The fraction of sp³-hybridized carbons (Fsp3) is 0.211. The number of ether oxygens (including phenoxy) is 2. The van der Waals surface area contributed by atoms with Crippen molar-refractivity contribution in [2.75, 3.05) is 12.4 Å². The molecular weight excluding hydrogens is 345 g/mol. The van der Waals surface area contributed by atoms with Gasteiger partial charge in [0.1, 0.15) is 5.82 Å². The molecular formula is C19H19ClFNO3. The van der Waals surface area contributed by atoms with Gasteiger partial charge in [0.2, 0.25) is 5.91 Å². The molecule has 0 aliphatic rings. The molecule has 6 heteroatoms. The molecule has 2 aromatic rings. The van der Waals surface area contributed by atoms with Gasteiger partial charge >= 0.3 is 0 Å². The Morgan fingerprint density at radius 1 is 1.20 bits per heavy atom. The number of hydrogen-bond donors (Lipinski definition) is 1. The van der Waals surface area contributed by atoms with Crippen LogP contribution in [-0.4, -0.2) is 19.1 Å². The molecule has 0 aliphatic carbocycles. The van der Waals surface area contributed by atoms with Gasteiger partial charge in [-0.05, 0) is 55.8 Å². The van der Waals surface area contributed by atoms with Crippen molar-refractivity contribution >= 4 is 29.3 Å². The van der Waals surface area contributed by atoms with Gasteiger partial charge in [-0.2, -0.15) is 0 Å². The average molecular weight is 364 g/mol. The van der Waals surface area contributed by atoms with Crippen LogP contribution in [0, 0.1) is 5.82 Å². The third-order valence-corrected chi connectivity index (χ3v) is 3.45. The Bertz CT molecular complexity index is 790. The van der Waals surface area contributed by atoms with Gasteiger partial charge in [-0.1, -0.05) is 17.7 Å². The molecule has 0 fully saturated rings. The Labute approximate surface area is 151 Å². The van der Waals surface area contributed by atoms with Crippen molar-refractivity contribution < 1.29 is 18.7 Å². The van der Waals surface area contributed by atoms with E-state index in [4.69, 9.17) is 21.1 Å². The van der Waals surface area contributed by atoms with Crippen molar-refractivity contribution in [1.82, 2.24) is 0 Å². The fourth-order valence-electron chi connectivity index (χ4n) is 2.07. The van der Waals surface area contributed by atoms with Gasteiger partial charge in [-0.15, -0.1) is 0 Å². The molecule has 0 saturated heterocycles. The van der Waals surface area contributed by atoms with E-state index in [1.807, 2.05) is 19.9 Å². The maximum atomic E-state index is 13.1. The molecule has 25 heavy (non-hydrogen) atoms. The number of anilines is 1. The summed E-state index contributed by atoms with van der Waals surface area (Å²) in [5.74, 6) is 0.330. The van der Waals surface area contributed by atoms with Crippen LogP contribution in [0.1, 0.15) is 19.4 Å². The summed E-state index contributed by atoms with van der Waals surface area (Å²) in [7, 11) is 1.56. The fourth-order valence-corrected chi connectivity index (χ4v) is 2.25. The SMILES string of the molecule is COc1cc(/C=C/C(=O)Nc2ccc(F)c(Cl)c2)ccc1OC(C)C. The number of carbonyl (C=O) groups excluding carboxylic acids is 1. The third-order valence-electron chi connectivity index (χ3n) is 3.16. The number of methoxy groups -OCH3 is 1. The first-order valence-corrected chi connectivity index (χ1v) is 8.05. The zero-order valence-corrected chi connectivity index (χ0v) is 14.9. The molecule has 0 saturated carbocycles. The second-order valence-electron chi connectivity index (χ2n) is 5.53. The number of hydrogen-bond acceptors (Lipinski definition) is 3. The first-order valence-electron chi connectivity index (χ1n) is 7.68. The zero-order chi connectivity index (χ0) is 18.4. The maximum absolute atomic E-state index is 13.1. The minimum atomic E-state index is -0.536. The lowest BCUT2D eigenvalue weighted by molar-refractivity contribution is -0.111. The standard InChI is InChI=1S/C19H19ClFNO3/c1-12(2)25-17-8-4-13(10-18(17)24-3)5-9-19(23)22-14-6-7-16(21)15(20)11-14/h4-12H,1-3H3,(H,22,23)/b9-5+. The Kier molecular flexibility index (Phi) is 6.42. The molecule has 0 unspecified atom stereocenters. The number of carbonyl (C=O) groups is 1. The van der Waals surface area contributed by atoms with E-state index >= 15 is 0 Å². The van der Waals surface area contributed by atoms with E-state index in [0.717, 1.165) is 5.56 Å². The zero-order valence-electron chi connectivity index (χ0n) is 14.2. The Morgan fingerprint density at radius 3 is 2.60 bits per heavy atom. The minimum absolute atomic E-state index is 0.0311. The van der Waals surface area contributed by atoms with Gasteiger partial charge in [0.05, 0.1) is 18.2 Å². The van der Waals surface area contributed by atoms with Crippen LogP contribution in [0.25, 0.3) is 6.08 Å². The van der Waals surface area contributed by atoms with Crippen LogP contribution in [0.5, 0.6) is 11.5 Å². The highest BCUT2D eigenvalue weighted by molar-refractivity contribution is 6.31. The maximum Gasteiger partial charge on any atom is 0.248 e. The van der Waals surface area contributed by atoms with E-state index in [2.05, 4.69) is 5.32 Å². The normalized spacial score (nSPS) is 11.0. The Balaban J connectivity index is 2.07. The Morgan fingerprint density at radius 2 is 1.96 bits per heavy atom. The molecule has 0 aliphatic heterocycles. The van der Waals surface area contributed by atoms with Gasteiger partial charge in [0.25, 0.3) is 0 Å². The predicted molar refractivity (Wildman–Crippen MR) is 97.8 cm³/mol. The molecule has 0 atom stereocenters. The van der Waals surface area contributed by atoms with E-state index in [-0.39, 0.29) is 17.0 Å². The van der Waals surface area contributed by atoms with Gasteiger partial charge < -0.3 is 14.8 Å². The van der Waals surface area contributed by atoms with Crippen molar-refractivity contribution in [1.29, 1.82) is 0 Å². The van der Waals surface area contributed by atoms with Gasteiger partial charge in [0, 0.05) is 11.8 Å². The number of halogens is 2. The topological polar surface area (TPSA) is 47.6 Å². The summed E-state index contributed by atoms with van der Waals surface area (Å²) in [6, 6.07) is 9.36. The molecule has 0 bridgehead atoms. The summed E-state index contributed by atoms with van der Waals surface area (Å²) in [6.07, 6.45) is 3.04. The second kappa shape index (κ2) is 8.53. The molecule has 132 valence electrons. The van der Waals surface area contributed by atoms with Crippen LogP contribution in [0.15, 0.2) is 42.5 Å². The van der Waals surface area contributed by atoms with E-state index in [1.165, 1.54) is 24.3 Å². The van der Waals surface area contributed by atoms with Crippen molar-refractivity contribution in [3.63, 3.8) is 0 Å². The van der Waals surface area contributed by atoms with Gasteiger partial charge in [-0.25, -0.2) is 4.39 Å². The van der Waals surface area contributed by atoms with E-state index in [1.54, 1.807) is 25.3 Å². The lowest BCUT2D eigenvalue weighted by atomic mass is 10.2. The van der Waals surface area contributed by atoms with E-state index in [0.29, 0.717) is 17.2 Å². The van der Waals surface area contributed by atoms with Crippen LogP contribution < -0.4 is 14.8 Å². The monoisotopic (exact) mass is 363 g/mol. The van der Waals surface area contributed by atoms with Gasteiger partial charge in [0.15, 0.2) is 11.5 Å². The van der Waals surface area contributed by atoms with E-state index in [9.17, 15) is 9.18 Å². The summed E-state index contributed by atoms with van der Waals surface area (Å²) in [5, 5.41) is 2.56. The minimum Gasteiger partial charge on any atom is -0.493 e. The van der Waals surface area contributed by atoms with Crippen LogP contribution in [0.4, 0.5) is 10.1 Å². The molecule has 4 nitrogen and oxygen atoms in total. The van der Waals surface area contributed by atoms with Crippen molar-refractivity contribution in [3.8, 4) is 11.5 Å². The smallest absolute Gasteiger partial charge is 0.248 e. The molecule has 0 spiro atoms. The van der Waals surface area contributed by atoms with Crippen LogP contribution >= 0.6 is 11.6 Å². The molecule has 0 heterocycles. The summed E-state index contributed by atoms with van der Waals surface area (Å²) >= 11 is 5.68. The van der Waals surface area contributed by atoms with E-state index < -0.39 is 5.82 Å². The van der Waals surface area contributed by atoms with Crippen molar-refractivity contribution in [2.24, 2.45) is 0 Å². The summed E-state index contributed by atoms with van der Waals surface area (Å²) in [5.41, 5.74) is 1.19. The van der Waals surface area contributed by atoms with Gasteiger partial charge in [-0.3, -0.25) is 4.79 Å². The molecule has 1 amide bonds. The van der Waals surface area contributed by atoms with Crippen LogP contribution in [0.2, 0.25) is 5.02 Å². The number of nitrogens with one attached hydrogen (secondary N) is 1. The largest absolute Gasteiger partial charge is 0.493 e. The van der Waals surface area contributed by atoms with Crippen LogP contribution in [-0.2, 0) is 4.79 Å². The number of benzene rings is 2. The highest BCUT2D eigenvalue weighted by Crippen LogP contribution is 2.29. The molecule has 2 rings (SSSR count). The first-order chi connectivity index (χ1) is 11.9. The first kappa shape index (κ1) is 18.8. The predicted octanol–water partition coefficient (Wildman–Crippen LogP) is 4.93. The molecule has 2 aromatic carbocycles. The summed E-state index contributed by atoms with van der Waals surface area (Å²) in [6.45, 7) is 3.86. The Hall–Kier alpha value is -2.53. The quantitative estimate of drug-likeness (QED) is 0.740.